The van der Waals surface area contributed by atoms with Gasteiger partial charge in [-0.2, -0.15) is 0 Å². The summed E-state index contributed by atoms with van der Waals surface area (Å²) < 4.78 is 68.5. The number of phosphoric ester groups is 2. The highest BCUT2D eigenvalue weighted by molar-refractivity contribution is 7.47. The first-order valence-electron chi connectivity index (χ1n) is 39.9. The predicted octanol–water partition coefficient (Wildman–Crippen LogP) is 22.6. The van der Waals surface area contributed by atoms with Crippen LogP contribution in [0.5, 0.6) is 0 Å². The first-order valence-corrected chi connectivity index (χ1v) is 42.9. The second-order valence-corrected chi connectivity index (χ2v) is 31.8. The maximum Gasteiger partial charge on any atom is 0.472 e. The molecule has 0 rings (SSSR count). The molecule has 0 aromatic heterocycles. The maximum atomic E-state index is 13.1. The number of carbonyl (C=O) groups excluding carboxylic acids is 4. The van der Waals surface area contributed by atoms with Gasteiger partial charge in [-0.1, -0.05) is 344 Å². The molecule has 570 valence electrons. The van der Waals surface area contributed by atoms with Gasteiger partial charge in [0.1, 0.15) is 19.3 Å². The fraction of sp³-hybridized carbons (Fsp3) is 0.948. The summed E-state index contributed by atoms with van der Waals surface area (Å²) in [5, 5.41) is 10.6. The summed E-state index contributed by atoms with van der Waals surface area (Å²) in [7, 11) is -9.91. The fourth-order valence-corrected chi connectivity index (χ4v) is 13.3. The molecule has 17 nitrogen and oxygen atoms in total. The molecule has 0 amide bonds. The van der Waals surface area contributed by atoms with Crippen molar-refractivity contribution in [1.29, 1.82) is 0 Å². The zero-order valence-electron chi connectivity index (χ0n) is 62.8. The van der Waals surface area contributed by atoms with E-state index >= 15 is 0 Å². The Hall–Kier alpha value is -1.94. The van der Waals surface area contributed by atoms with Gasteiger partial charge in [0, 0.05) is 25.7 Å². The van der Waals surface area contributed by atoms with E-state index in [1.165, 1.54) is 199 Å². The predicted molar refractivity (Wildman–Crippen MR) is 391 cm³/mol. The second kappa shape index (κ2) is 67.5. The largest absolute Gasteiger partial charge is 0.472 e. The van der Waals surface area contributed by atoms with Crippen molar-refractivity contribution in [1.82, 2.24) is 0 Å². The zero-order valence-corrected chi connectivity index (χ0v) is 64.6. The molecule has 0 fully saturated rings. The van der Waals surface area contributed by atoms with E-state index in [1.54, 1.807) is 0 Å². The number of unbranched alkanes of at least 4 members (excludes halogenated alkanes) is 42. The van der Waals surface area contributed by atoms with Gasteiger partial charge >= 0.3 is 39.5 Å². The van der Waals surface area contributed by atoms with Crippen molar-refractivity contribution in [3.05, 3.63) is 0 Å². The normalized spacial score (nSPS) is 14.3. The van der Waals surface area contributed by atoms with E-state index in [-0.39, 0.29) is 25.7 Å². The van der Waals surface area contributed by atoms with Gasteiger partial charge in [0.25, 0.3) is 0 Å². The van der Waals surface area contributed by atoms with Gasteiger partial charge in [0.15, 0.2) is 12.2 Å². The number of rotatable bonds is 75. The molecule has 0 aliphatic heterocycles. The first kappa shape index (κ1) is 94.1. The van der Waals surface area contributed by atoms with Crippen molar-refractivity contribution >= 4 is 39.5 Å². The summed E-state index contributed by atoms with van der Waals surface area (Å²) in [6, 6.07) is 0. The number of ether oxygens (including phenoxy) is 4. The maximum absolute atomic E-state index is 13.1. The summed E-state index contributed by atoms with van der Waals surface area (Å²) in [4.78, 5) is 72.8. The summed E-state index contributed by atoms with van der Waals surface area (Å²) in [6.45, 7) is 11.9. The quantitative estimate of drug-likeness (QED) is 0.0222. The highest BCUT2D eigenvalue weighted by atomic mass is 31.2. The SMILES string of the molecule is CCCCCCCCCCCCCCCCCCCC(=O)OC[C@H](COP(=O)(O)OC[C@@H](O)COP(=O)(O)OC[C@@H](COC(=O)CCCCCCCCCC(C)C)OC(=O)CCCCCCCCCCC(C)C)OC(=O)CCCCCCCCCCCCCCCCC(C)CC. The van der Waals surface area contributed by atoms with E-state index in [0.29, 0.717) is 31.6 Å². The van der Waals surface area contributed by atoms with Crippen LogP contribution in [0.2, 0.25) is 0 Å². The molecule has 0 aromatic rings. The van der Waals surface area contributed by atoms with Crippen molar-refractivity contribution in [2.45, 2.75) is 414 Å². The Balaban J connectivity index is 5.23. The Morgan fingerprint density at radius 3 is 0.792 bits per heavy atom. The lowest BCUT2D eigenvalue weighted by Crippen LogP contribution is -2.30. The number of hydrogen-bond donors (Lipinski definition) is 3. The summed E-state index contributed by atoms with van der Waals surface area (Å²) >= 11 is 0. The van der Waals surface area contributed by atoms with Crippen LogP contribution < -0.4 is 0 Å². The van der Waals surface area contributed by atoms with Gasteiger partial charge in [-0.05, 0) is 43.4 Å². The number of hydrogen-bond acceptors (Lipinski definition) is 15. The lowest BCUT2D eigenvalue weighted by atomic mass is 9.99. The number of esters is 4. The second-order valence-electron chi connectivity index (χ2n) is 28.9. The van der Waals surface area contributed by atoms with Crippen LogP contribution in [0.3, 0.4) is 0 Å². The summed E-state index contributed by atoms with van der Waals surface area (Å²) in [6.07, 6.45) is 54.2. The van der Waals surface area contributed by atoms with E-state index in [2.05, 4.69) is 48.5 Å². The third kappa shape index (κ3) is 69.2. The highest BCUT2D eigenvalue weighted by Crippen LogP contribution is 2.45. The molecule has 0 spiro atoms. The minimum absolute atomic E-state index is 0.104. The van der Waals surface area contributed by atoms with E-state index in [9.17, 15) is 43.2 Å². The van der Waals surface area contributed by atoms with Gasteiger partial charge in [-0.25, -0.2) is 9.13 Å². The van der Waals surface area contributed by atoms with Gasteiger partial charge in [-0.3, -0.25) is 37.3 Å². The monoisotopic (exact) mass is 1410 g/mol. The smallest absolute Gasteiger partial charge is 0.462 e. The zero-order chi connectivity index (χ0) is 70.9. The molecule has 0 saturated heterocycles. The Bertz CT molecular complexity index is 1870. The number of aliphatic hydroxyl groups excluding tert-OH is 1. The minimum Gasteiger partial charge on any atom is -0.462 e. The highest BCUT2D eigenvalue weighted by Gasteiger charge is 2.30. The van der Waals surface area contributed by atoms with E-state index in [1.807, 2.05) is 0 Å². The lowest BCUT2D eigenvalue weighted by molar-refractivity contribution is -0.161. The molecule has 0 aliphatic carbocycles. The molecule has 0 aliphatic rings. The van der Waals surface area contributed by atoms with Crippen LogP contribution in [0.1, 0.15) is 395 Å². The van der Waals surface area contributed by atoms with Crippen LogP contribution >= 0.6 is 15.6 Å². The molecule has 0 saturated carbocycles. The van der Waals surface area contributed by atoms with Crippen molar-refractivity contribution in [2.75, 3.05) is 39.6 Å². The molecule has 96 heavy (non-hydrogen) atoms. The van der Waals surface area contributed by atoms with Gasteiger partial charge in [0.05, 0.1) is 26.4 Å². The van der Waals surface area contributed by atoms with Crippen molar-refractivity contribution in [3.63, 3.8) is 0 Å². The lowest BCUT2D eigenvalue weighted by Gasteiger charge is -2.21. The van der Waals surface area contributed by atoms with Crippen LogP contribution in [0, 0.1) is 17.8 Å². The molecule has 19 heteroatoms. The topological polar surface area (TPSA) is 237 Å². The van der Waals surface area contributed by atoms with Crippen LogP contribution in [0.15, 0.2) is 0 Å². The summed E-state index contributed by atoms with van der Waals surface area (Å²) in [5.41, 5.74) is 0. The third-order valence-electron chi connectivity index (χ3n) is 18.2. The standard InChI is InChI=1S/C77H150O17P2/c1-8-10-11-12-13-14-15-16-17-18-19-23-26-29-37-44-51-58-74(79)87-64-72(93-76(81)60-53-46-38-30-27-24-21-20-22-25-28-36-43-50-57-70(7)9-2)66-91-95(83,84)89-62-71(78)63-90-96(85,86)92-67-73(65-88-75(80)59-52-45-40-33-35-42-49-56-69(5)6)94-77(82)61-54-47-39-32-31-34-41-48-55-68(3)4/h68-73,78H,8-67H2,1-7H3,(H,83,84)(H,85,86)/t70?,71-,72-,73-/m1/s1. The molecule has 0 aromatic carbocycles. The number of aliphatic hydroxyl groups is 1. The Labute approximate surface area is 588 Å². The average Bonchev–Trinajstić information content (AvgIpc) is 1.25. The van der Waals surface area contributed by atoms with Crippen LogP contribution in [0.25, 0.3) is 0 Å². The van der Waals surface area contributed by atoms with Crippen LogP contribution in [0.4, 0.5) is 0 Å². The van der Waals surface area contributed by atoms with E-state index < -0.39 is 97.5 Å². The van der Waals surface area contributed by atoms with Crippen molar-refractivity contribution in [3.8, 4) is 0 Å². The Kier molecular flexibility index (Phi) is 66.2. The molecule has 0 heterocycles. The number of carbonyl (C=O) groups is 4. The first-order chi connectivity index (χ1) is 46.3. The molecule has 0 radical (unpaired) electrons. The fourth-order valence-electron chi connectivity index (χ4n) is 11.7. The van der Waals surface area contributed by atoms with Crippen molar-refractivity contribution < 1.29 is 80.2 Å². The number of phosphoric acid groups is 2. The molecular formula is C77H150O17P2. The Morgan fingerprint density at radius 1 is 0.302 bits per heavy atom. The molecular weight excluding hydrogens is 1260 g/mol. The minimum atomic E-state index is -4.96. The van der Waals surface area contributed by atoms with Crippen molar-refractivity contribution in [2.24, 2.45) is 17.8 Å². The van der Waals surface area contributed by atoms with Gasteiger partial charge in [-0.15, -0.1) is 0 Å². The molecule has 6 atom stereocenters. The van der Waals surface area contributed by atoms with Gasteiger partial charge in [0.2, 0.25) is 0 Å². The molecule has 0 bridgehead atoms. The van der Waals surface area contributed by atoms with Crippen LogP contribution in [-0.2, 0) is 65.4 Å². The summed E-state index contributed by atoms with van der Waals surface area (Å²) in [5.74, 6) is 0.150. The third-order valence-corrected chi connectivity index (χ3v) is 20.1. The van der Waals surface area contributed by atoms with E-state index in [0.717, 1.165) is 108 Å². The van der Waals surface area contributed by atoms with Crippen LogP contribution in [-0.4, -0.2) is 96.7 Å². The Morgan fingerprint density at radius 2 is 0.531 bits per heavy atom. The molecule has 3 unspecified atom stereocenters. The molecule has 3 N–H and O–H groups in total. The van der Waals surface area contributed by atoms with Gasteiger partial charge < -0.3 is 33.8 Å². The average molecular weight is 1410 g/mol. The van der Waals surface area contributed by atoms with E-state index in [4.69, 9.17) is 37.0 Å².